The smallest absolute Gasteiger partial charge is 0.340 e. The number of esters is 1. The molecule has 2 aromatic carbocycles. The molecule has 0 unspecified atom stereocenters. The third-order valence-electron chi connectivity index (χ3n) is 5.32. The van der Waals surface area contributed by atoms with Crippen LogP contribution in [0.1, 0.15) is 38.4 Å². The average molecular weight is 422 g/mol. The van der Waals surface area contributed by atoms with Crippen LogP contribution in [0.3, 0.4) is 0 Å². The highest BCUT2D eigenvalue weighted by atomic mass is 16.7. The van der Waals surface area contributed by atoms with Gasteiger partial charge in [0.05, 0.1) is 17.1 Å². The molecule has 0 spiro atoms. The Hall–Kier alpha value is -3.65. The zero-order valence-corrected chi connectivity index (χ0v) is 17.3. The highest BCUT2D eigenvalue weighted by molar-refractivity contribution is 5.91. The van der Waals surface area contributed by atoms with Crippen molar-refractivity contribution in [1.82, 2.24) is 4.57 Å². The number of benzene rings is 2. The summed E-state index contributed by atoms with van der Waals surface area (Å²) in [4.78, 5) is 23.6. The number of non-ortho nitro benzene ring substituents is 1. The van der Waals surface area contributed by atoms with Crippen molar-refractivity contribution in [3.05, 3.63) is 92.3 Å². The van der Waals surface area contributed by atoms with Crippen LogP contribution in [-0.2, 0) is 29.2 Å². The normalized spacial score (nSPS) is 12.7. The maximum atomic E-state index is 12.8. The minimum atomic E-state index is -0.489. The van der Waals surface area contributed by atoms with Crippen LogP contribution in [-0.4, -0.2) is 22.3 Å². The fraction of sp³-hybridized carbons (Fsp3) is 0.261. The van der Waals surface area contributed by atoms with E-state index in [1.807, 2.05) is 44.2 Å². The Balaban J connectivity index is 1.54. The van der Waals surface area contributed by atoms with Crippen molar-refractivity contribution in [2.45, 2.75) is 33.6 Å². The molecule has 0 radical (unpaired) electrons. The lowest BCUT2D eigenvalue weighted by Crippen LogP contribution is -2.15. The first kappa shape index (κ1) is 20.6. The molecular weight excluding hydrogens is 400 g/mol. The van der Waals surface area contributed by atoms with Gasteiger partial charge in [0.15, 0.2) is 6.79 Å². The van der Waals surface area contributed by atoms with E-state index < -0.39 is 10.9 Å². The van der Waals surface area contributed by atoms with Gasteiger partial charge >= 0.3 is 5.97 Å². The number of ether oxygens (including phenoxy) is 3. The van der Waals surface area contributed by atoms with Crippen LogP contribution in [0.25, 0.3) is 0 Å². The van der Waals surface area contributed by atoms with E-state index in [4.69, 9.17) is 14.2 Å². The summed E-state index contributed by atoms with van der Waals surface area (Å²) in [6, 6.07) is 14.6. The quantitative estimate of drug-likeness (QED) is 0.334. The maximum absolute atomic E-state index is 12.8. The van der Waals surface area contributed by atoms with Crippen LogP contribution in [0.4, 0.5) is 5.69 Å². The minimum absolute atomic E-state index is 0.0480. The van der Waals surface area contributed by atoms with E-state index in [2.05, 4.69) is 4.57 Å². The van der Waals surface area contributed by atoms with Gasteiger partial charge in [0, 0.05) is 41.2 Å². The zero-order valence-electron chi connectivity index (χ0n) is 17.3. The lowest BCUT2D eigenvalue weighted by atomic mass is 10.1. The van der Waals surface area contributed by atoms with Crippen LogP contribution < -0.4 is 4.74 Å². The molecule has 8 heteroatoms. The summed E-state index contributed by atoms with van der Waals surface area (Å²) in [5, 5.41) is 11.2. The number of aromatic nitrogens is 1. The van der Waals surface area contributed by atoms with Crippen molar-refractivity contribution >= 4 is 11.7 Å². The monoisotopic (exact) mass is 422 g/mol. The van der Waals surface area contributed by atoms with Gasteiger partial charge in [-0.3, -0.25) is 10.1 Å². The Morgan fingerprint density at radius 2 is 1.97 bits per heavy atom. The highest BCUT2D eigenvalue weighted by Crippen LogP contribution is 2.33. The summed E-state index contributed by atoms with van der Waals surface area (Å²) < 4.78 is 18.3. The van der Waals surface area contributed by atoms with E-state index in [1.54, 1.807) is 6.07 Å². The van der Waals surface area contributed by atoms with Gasteiger partial charge in [0.2, 0.25) is 0 Å². The van der Waals surface area contributed by atoms with Crippen LogP contribution >= 0.6 is 0 Å². The van der Waals surface area contributed by atoms with Crippen LogP contribution in [0.5, 0.6) is 5.75 Å². The van der Waals surface area contributed by atoms with Gasteiger partial charge < -0.3 is 18.8 Å². The van der Waals surface area contributed by atoms with E-state index in [9.17, 15) is 14.9 Å². The average Bonchev–Trinajstić information content (AvgIpc) is 3.06. The Morgan fingerprint density at radius 1 is 1.19 bits per heavy atom. The fourth-order valence-corrected chi connectivity index (χ4v) is 3.73. The maximum Gasteiger partial charge on any atom is 0.340 e. The van der Waals surface area contributed by atoms with Gasteiger partial charge in [0.25, 0.3) is 5.69 Å². The second kappa shape index (κ2) is 8.61. The first-order valence-electron chi connectivity index (χ1n) is 9.82. The lowest BCUT2D eigenvalue weighted by Gasteiger charge is -2.20. The van der Waals surface area contributed by atoms with Crippen molar-refractivity contribution in [3.63, 3.8) is 0 Å². The SMILES string of the molecule is Cc1cc(C(=O)OCc2cc([N+](=O)[O-])cc3c2OCOC3)c(C)n1Cc1ccccc1. The van der Waals surface area contributed by atoms with Crippen LogP contribution in [0, 0.1) is 24.0 Å². The molecule has 0 atom stereocenters. The Bertz CT molecular complexity index is 1140. The molecule has 0 N–H and O–H groups in total. The Morgan fingerprint density at radius 3 is 2.71 bits per heavy atom. The summed E-state index contributed by atoms with van der Waals surface area (Å²) in [5.41, 5.74) is 4.26. The molecule has 0 saturated carbocycles. The number of rotatable bonds is 6. The predicted octanol–water partition coefficient (Wildman–Crippen LogP) is 4.28. The van der Waals surface area contributed by atoms with E-state index in [1.165, 1.54) is 12.1 Å². The van der Waals surface area contributed by atoms with Gasteiger partial charge in [-0.2, -0.15) is 0 Å². The number of fused-ring (bicyclic) bond motifs is 1. The lowest BCUT2D eigenvalue weighted by molar-refractivity contribution is -0.385. The number of aryl methyl sites for hydroxylation is 1. The number of hydrogen-bond acceptors (Lipinski definition) is 6. The van der Waals surface area contributed by atoms with Crippen molar-refractivity contribution < 1.29 is 23.9 Å². The summed E-state index contributed by atoms with van der Waals surface area (Å²) >= 11 is 0. The predicted molar refractivity (Wildman–Crippen MR) is 112 cm³/mol. The van der Waals surface area contributed by atoms with Crippen molar-refractivity contribution in [1.29, 1.82) is 0 Å². The Labute approximate surface area is 179 Å². The number of hydrogen-bond donors (Lipinski definition) is 0. The minimum Gasteiger partial charge on any atom is -0.467 e. The molecule has 8 nitrogen and oxygen atoms in total. The fourth-order valence-electron chi connectivity index (χ4n) is 3.73. The van der Waals surface area contributed by atoms with Gasteiger partial charge in [-0.15, -0.1) is 0 Å². The number of nitro groups is 1. The molecule has 1 aliphatic heterocycles. The zero-order chi connectivity index (χ0) is 22.0. The number of carbonyl (C=O) groups excluding carboxylic acids is 1. The second-order valence-electron chi connectivity index (χ2n) is 7.39. The first-order chi connectivity index (χ1) is 14.9. The van der Waals surface area contributed by atoms with Gasteiger partial charge in [0.1, 0.15) is 12.4 Å². The molecule has 1 aromatic heterocycles. The summed E-state index contributed by atoms with van der Waals surface area (Å²) in [5.74, 6) is -0.0149. The van der Waals surface area contributed by atoms with Crippen molar-refractivity contribution in [3.8, 4) is 5.75 Å². The molecule has 160 valence electrons. The van der Waals surface area contributed by atoms with Crippen LogP contribution in [0.15, 0.2) is 48.5 Å². The van der Waals surface area contributed by atoms with Gasteiger partial charge in [-0.05, 0) is 25.5 Å². The molecule has 1 aliphatic rings. The largest absolute Gasteiger partial charge is 0.467 e. The number of nitrogens with zero attached hydrogens (tertiary/aromatic N) is 2. The van der Waals surface area contributed by atoms with E-state index >= 15 is 0 Å². The third kappa shape index (κ3) is 4.29. The van der Waals surface area contributed by atoms with Gasteiger partial charge in [-0.1, -0.05) is 30.3 Å². The molecule has 4 rings (SSSR count). The molecule has 3 aromatic rings. The Kier molecular flexibility index (Phi) is 5.73. The molecule has 31 heavy (non-hydrogen) atoms. The molecular formula is C23H22N2O6. The standard InChI is InChI=1S/C23H22N2O6/c1-15-8-21(16(2)24(15)11-17-6-4-3-5-7-17)23(26)30-13-19-10-20(25(27)28)9-18-12-29-14-31-22(18)19/h3-10H,11-14H2,1-2H3. The van der Waals surface area contributed by atoms with E-state index in [0.29, 0.717) is 29.0 Å². The molecule has 0 aliphatic carbocycles. The molecule has 0 bridgehead atoms. The summed E-state index contributed by atoms with van der Waals surface area (Å²) in [6.07, 6.45) is 0. The van der Waals surface area contributed by atoms with Gasteiger partial charge in [-0.25, -0.2) is 4.79 Å². The summed E-state index contributed by atoms with van der Waals surface area (Å²) in [6.45, 7) is 4.59. The molecule has 0 fully saturated rings. The van der Waals surface area contributed by atoms with Crippen molar-refractivity contribution in [2.24, 2.45) is 0 Å². The molecule has 2 heterocycles. The third-order valence-corrected chi connectivity index (χ3v) is 5.32. The highest BCUT2D eigenvalue weighted by Gasteiger charge is 2.23. The van der Waals surface area contributed by atoms with E-state index in [0.717, 1.165) is 17.0 Å². The van der Waals surface area contributed by atoms with Crippen LogP contribution in [0.2, 0.25) is 0 Å². The second-order valence-corrected chi connectivity index (χ2v) is 7.39. The first-order valence-corrected chi connectivity index (χ1v) is 9.82. The number of carbonyl (C=O) groups is 1. The molecule has 0 amide bonds. The topological polar surface area (TPSA) is 92.8 Å². The van der Waals surface area contributed by atoms with Crippen molar-refractivity contribution in [2.75, 3.05) is 6.79 Å². The van der Waals surface area contributed by atoms with E-state index in [-0.39, 0.29) is 25.7 Å². The summed E-state index contributed by atoms with van der Waals surface area (Å²) in [7, 11) is 0. The molecule has 0 saturated heterocycles. The number of nitro benzene ring substituents is 1.